The normalized spacial score (nSPS) is 9.50. The fourth-order valence-corrected chi connectivity index (χ4v) is 1.26. The van der Waals surface area contributed by atoms with Gasteiger partial charge in [-0.2, -0.15) is 0 Å². The third-order valence-electron chi connectivity index (χ3n) is 1.88. The Balaban J connectivity index is 0.000000280. The molecule has 2 rings (SSSR count). The highest BCUT2D eigenvalue weighted by Crippen LogP contribution is 2.17. The Labute approximate surface area is 99.0 Å². The molecule has 0 nitrogen and oxygen atoms in total. The summed E-state index contributed by atoms with van der Waals surface area (Å²) in [5.41, 5.74) is 2.55. The van der Waals surface area contributed by atoms with Gasteiger partial charge < -0.3 is 0 Å². The highest BCUT2D eigenvalue weighted by Gasteiger charge is 1.91. The molecule has 0 unspecified atom stereocenters. The Bertz CT molecular complexity index is 333. The Kier molecular flexibility index (Phi) is 5.35. The molecule has 2 aromatic carbocycles. The van der Waals surface area contributed by atoms with Crippen LogP contribution in [0.2, 0.25) is 0 Å². The molecule has 0 heterocycles. The number of hydrogen-bond donors (Lipinski definition) is 0. The van der Waals surface area contributed by atoms with E-state index in [1.807, 2.05) is 12.1 Å². The van der Waals surface area contributed by atoms with Gasteiger partial charge in [0.25, 0.3) is 0 Å². The largest absolute Gasteiger partial charge is 0.0622 e. The van der Waals surface area contributed by atoms with Crippen LogP contribution in [0.4, 0.5) is 0 Å². The smallest absolute Gasteiger partial charge is 0.0184 e. The van der Waals surface area contributed by atoms with Crippen molar-refractivity contribution < 1.29 is 0 Å². The Morgan fingerprint density at radius 3 is 1.06 bits per heavy atom. The number of hydrogen-bond acceptors (Lipinski definition) is 0. The lowest BCUT2D eigenvalue weighted by atomic mass is 10.1. The van der Waals surface area contributed by atoms with Gasteiger partial charge in [0.1, 0.15) is 0 Å². The SMILES string of the molecule is C[C](C)C.c1ccc(-c2ccccc2)cc1. The van der Waals surface area contributed by atoms with E-state index in [0.717, 1.165) is 0 Å². The van der Waals surface area contributed by atoms with Gasteiger partial charge in [0, 0.05) is 0 Å². The summed E-state index contributed by atoms with van der Waals surface area (Å²) >= 11 is 0. The lowest BCUT2D eigenvalue weighted by molar-refractivity contribution is 1.10. The summed E-state index contributed by atoms with van der Waals surface area (Å²) in [6.07, 6.45) is 0. The molecule has 0 N–H and O–H groups in total. The molecule has 0 aliphatic rings. The zero-order chi connectivity index (χ0) is 11.8. The van der Waals surface area contributed by atoms with Crippen molar-refractivity contribution in [3.8, 4) is 11.1 Å². The van der Waals surface area contributed by atoms with E-state index >= 15 is 0 Å². The molecule has 0 amide bonds. The summed E-state index contributed by atoms with van der Waals surface area (Å²) in [5, 5.41) is 0. The fourth-order valence-electron chi connectivity index (χ4n) is 1.26. The topological polar surface area (TPSA) is 0 Å². The van der Waals surface area contributed by atoms with Crippen LogP contribution in [0.3, 0.4) is 0 Å². The van der Waals surface area contributed by atoms with E-state index in [4.69, 9.17) is 0 Å². The van der Waals surface area contributed by atoms with E-state index in [1.165, 1.54) is 17.0 Å². The first-order valence-electron chi connectivity index (χ1n) is 5.57. The Hall–Kier alpha value is -1.56. The van der Waals surface area contributed by atoms with E-state index in [1.54, 1.807) is 0 Å². The molecule has 0 saturated carbocycles. The molecule has 0 atom stereocenters. The first kappa shape index (κ1) is 12.5. The van der Waals surface area contributed by atoms with E-state index in [-0.39, 0.29) is 0 Å². The van der Waals surface area contributed by atoms with Gasteiger partial charge >= 0.3 is 0 Å². The standard InChI is InChI=1S/C12H10.C4H9/c1-3-7-11(8-4-1)12-9-5-2-6-10-12;1-4(2)3/h1-10H;1-3H3. The lowest BCUT2D eigenvalue weighted by Crippen LogP contribution is -1.73. The molecule has 83 valence electrons. The summed E-state index contributed by atoms with van der Waals surface area (Å²) in [4.78, 5) is 0. The second-order valence-electron chi connectivity index (χ2n) is 4.23. The van der Waals surface area contributed by atoms with Crippen LogP contribution in [-0.2, 0) is 0 Å². The number of benzene rings is 2. The van der Waals surface area contributed by atoms with Crippen LogP contribution in [0.1, 0.15) is 20.8 Å². The average molecular weight is 211 g/mol. The van der Waals surface area contributed by atoms with Crippen molar-refractivity contribution in [1.82, 2.24) is 0 Å². The van der Waals surface area contributed by atoms with Crippen molar-refractivity contribution in [1.29, 1.82) is 0 Å². The predicted molar refractivity (Wildman–Crippen MR) is 72.1 cm³/mol. The lowest BCUT2D eigenvalue weighted by Gasteiger charge is -1.98. The summed E-state index contributed by atoms with van der Waals surface area (Å²) in [7, 11) is 0. The van der Waals surface area contributed by atoms with Gasteiger partial charge in [0.2, 0.25) is 0 Å². The molecular formula is C16H19. The maximum Gasteiger partial charge on any atom is -0.0184 e. The van der Waals surface area contributed by atoms with Gasteiger partial charge in [-0.15, -0.1) is 0 Å². The molecule has 2 aromatic rings. The van der Waals surface area contributed by atoms with Crippen LogP contribution >= 0.6 is 0 Å². The average Bonchev–Trinajstić information content (AvgIpc) is 2.31. The second kappa shape index (κ2) is 6.84. The van der Waals surface area contributed by atoms with Crippen LogP contribution in [0.15, 0.2) is 60.7 Å². The monoisotopic (exact) mass is 211 g/mol. The molecule has 1 radical (unpaired) electrons. The maximum absolute atomic E-state index is 2.12. The fraction of sp³-hybridized carbons (Fsp3) is 0.188. The first-order valence-corrected chi connectivity index (χ1v) is 5.57. The molecule has 0 aliphatic carbocycles. The van der Waals surface area contributed by atoms with Crippen molar-refractivity contribution in [2.45, 2.75) is 20.8 Å². The van der Waals surface area contributed by atoms with Crippen molar-refractivity contribution in [2.24, 2.45) is 0 Å². The van der Waals surface area contributed by atoms with Gasteiger partial charge in [0.05, 0.1) is 0 Å². The third kappa shape index (κ3) is 4.79. The summed E-state index contributed by atoms with van der Waals surface area (Å²) in [6.45, 7) is 6.25. The van der Waals surface area contributed by atoms with Gasteiger partial charge in [-0.1, -0.05) is 81.4 Å². The minimum absolute atomic E-state index is 1.28. The Morgan fingerprint density at radius 2 is 0.812 bits per heavy atom. The minimum Gasteiger partial charge on any atom is -0.0622 e. The van der Waals surface area contributed by atoms with E-state index in [2.05, 4.69) is 69.3 Å². The van der Waals surface area contributed by atoms with Gasteiger partial charge in [0.15, 0.2) is 0 Å². The molecule has 0 saturated heterocycles. The molecule has 0 spiro atoms. The van der Waals surface area contributed by atoms with Crippen molar-refractivity contribution in [2.75, 3.05) is 0 Å². The van der Waals surface area contributed by atoms with Gasteiger partial charge in [-0.25, -0.2) is 0 Å². The summed E-state index contributed by atoms with van der Waals surface area (Å²) in [5.74, 6) is 1.42. The van der Waals surface area contributed by atoms with Gasteiger partial charge in [-0.3, -0.25) is 0 Å². The molecule has 0 fully saturated rings. The van der Waals surface area contributed by atoms with Crippen molar-refractivity contribution in [3.05, 3.63) is 66.6 Å². The van der Waals surface area contributed by atoms with E-state index < -0.39 is 0 Å². The Morgan fingerprint density at radius 1 is 0.562 bits per heavy atom. The maximum atomic E-state index is 2.12. The van der Waals surface area contributed by atoms with Gasteiger partial charge in [-0.05, 0) is 17.0 Å². The first-order chi connectivity index (χ1) is 7.70. The van der Waals surface area contributed by atoms with Crippen molar-refractivity contribution >= 4 is 0 Å². The molecule has 0 aromatic heterocycles. The second-order valence-corrected chi connectivity index (χ2v) is 4.23. The summed E-state index contributed by atoms with van der Waals surface area (Å²) in [6, 6.07) is 20.8. The molecule has 16 heavy (non-hydrogen) atoms. The van der Waals surface area contributed by atoms with E-state index in [9.17, 15) is 0 Å². The summed E-state index contributed by atoms with van der Waals surface area (Å²) < 4.78 is 0. The zero-order valence-electron chi connectivity index (χ0n) is 10.3. The van der Waals surface area contributed by atoms with Crippen LogP contribution in [-0.4, -0.2) is 0 Å². The molecular weight excluding hydrogens is 192 g/mol. The van der Waals surface area contributed by atoms with Crippen molar-refractivity contribution in [3.63, 3.8) is 0 Å². The number of rotatable bonds is 1. The molecule has 0 heteroatoms. The quantitative estimate of drug-likeness (QED) is 0.624. The highest BCUT2D eigenvalue weighted by atomic mass is 14.0. The van der Waals surface area contributed by atoms with Crippen LogP contribution in [0.5, 0.6) is 0 Å². The van der Waals surface area contributed by atoms with Crippen LogP contribution in [0.25, 0.3) is 11.1 Å². The zero-order valence-corrected chi connectivity index (χ0v) is 10.3. The van der Waals surface area contributed by atoms with Crippen LogP contribution < -0.4 is 0 Å². The predicted octanol–water partition coefficient (Wildman–Crippen LogP) is 4.97. The third-order valence-corrected chi connectivity index (χ3v) is 1.88. The van der Waals surface area contributed by atoms with Crippen LogP contribution in [0, 0.1) is 5.92 Å². The highest BCUT2D eigenvalue weighted by molar-refractivity contribution is 5.62. The van der Waals surface area contributed by atoms with E-state index in [0.29, 0.717) is 0 Å². The minimum atomic E-state index is 1.28. The molecule has 0 bridgehead atoms. The molecule has 0 aliphatic heterocycles.